The van der Waals surface area contributed by atoms with Crippen LogP contribution in [-0.4, -0.2) is 29.6 Å². The lowest BCUT2D eigenvalue weighted by atomic mass is 10.3. The van der Waals surface area contributed by atoms with Crippen LogP contribution in [-0.2, 0) is 14.6 Å². The summed E-state index contributed by atoms with van der Waals surface area (Å²) in [6.45, 7) is 0. The Morgan fingerprint density at radius 2 is 1.62 bits per heavy atom. The summed E-state index contributed by atoms with van der Waals surface area (Å²) in [4.78, 5) is 16.0. The van der Waals surface area contributed by atoms with Crippen LogP contribution in [0, 0.1) is 0 Å². The maximum Gasteiger partial charge on any atom is 0.240 e. The molecule has 1 amide bonds. The number of para-hydroxylation sites is 2. The van der Waals surface area contributed by atoms with Crippen molar-refractivity contribution in [3.05, 3.63) is 73.1 Å². The highest BCUT2D eigenvalue weighted by molar-refractivity contribution is 7.92. The maximum atomic E-state index is 12.5. The van der Waals surface area contributed by atoms with Crippen LogP contribution in [0.4, 0.5) is 5.69 Å². The highest BCUT2D eigenvalue weighted by Gasteiger charge is 2.25. The second-order valence-corrected chi connectivity index (χ2v) is 6.97. The van der Waals surface area contributed by atoms with E-state index in [0.29, 0.717) is 11.4 Å². The largest absolute Gasteiger partial charge is 0.325 e. The van der Waals surface area contributed by atoms with Crippen LogP contribution < -0.4 is 5.32 Å². The number of nitrogens with zero attached hydrogens (tertiary/aromatic N) is 2. The van der Waals surface area contributed by atoms with Gasteiger partial charge in [-0.15, -0.1) is 0 Å². The summed E-state index contributed by atoms with van der Waals surface area (Å²) >= 11 is 0. The molecule has 0 saturated carbocycles. The minimum absolute atomic E-state index is 0.156. The van der Waals surface area contributed by atoms with Crippen molar-refractivity contribution < 1.29 is 13.2 Å². The summed E-state index contributed by atoms with van der Waals surface area (Å²) in [6.07, 6.45) is 2.95. The monoisotopic (exact) mass is 341 g/mol. The zero-order chi connectivity index (χ0) is 17.0. The van der Waals surface area contributed by atoms with Gasteiger partial charge in [-0.3, -0.25) is 9.36 Å². The first-order valence-corrected chi connectivity index (χ1v) is 8.88. The summed E-state index contributed by atoms with van der Waals surface area (Å²) in [5.41, 5.74) is 1.21. The molecule has 7 heteroatoms. The molecule has 0 aliphatic heterocycles. The highest BCUT2D eigenvalue weighted by atomic mass is 32.2. The van der Waals surface area contributed by atoms with Crippen molar-refractivity contribution in [1.29, 1.82) is 0 Å². The Bertz CT molecular complexity index is 935. The van der Waals surface area contributed by atoms with E-state index >= 15 is 0 Å². The van der Waals surface area contributed by atoms with E-state index in [4.69, 9.17) is 0 Å². The molecule has 0 bridgehead atoms. The molecule has 3 aromatic rings. The van der Waals surface area contributed by atoms with Crippen molar-refractivity contribution in [3.63, 3.8) is 0 Å². The van der Waals surface area contributed by atoms with Gasteiger partial charge in [0.1, 0.15) is 5.75 Å². The van der Waals surface area contributed by atoms with Gasteiger partial charge < -0.3 is 5.32 Å². The summed E-state index contributed by atoms with van der Waals surface area (Å²) < 4.78 is 26.5. The highest BCUT2D eigenvalue weighted by Crippen LogP contribution is 2.16. The molecule has 0 saturated heterocycles. The van der Waals surface area contributed by atoms with Gasteiger partial charge in [0.2, 0.25) is 20.9 Å². The van der Waals surface area contributed by atoms with E-state index in [2.05, 4.69) is 10.3 Å². The molecule has 0 fully saturated rings. The molecular formula is C17H15N3O3S. The van der Waals surface area contributed by atoms with Crippen LogP contribution in [0.2, 0.25) is 0 Å². The van der Waals surface area contributed by atoms with Crippen LogP contribution in [0.3, 0.4) is 0 Å². The lowest BCUT2D eigenvalue weighted by Gasteiger charge is -2.09. The number of sulfone groups is 1. The van der Waals surface area contributed by atoms with Crippen molar-refractivity contribution in [1.82, 2.24) is 9.55 Å². The number of imidazole rings is 1. The first-order valence-electron chi connectivity index (χ1n) is 7.23. The third kappa shape index (κ3) is 3.52. The van der Waals surface area contributed by atoms with Crippen LogP contribution in [0.15, 0.2) is 78.2 Å². The van der Waals surface area contributed by atoms with E-state index in [-0.39, 0.29) is 5.16 Å². The first-order chi connectivity index (χ1) is 11.6. The summed E-state index contributed by atoms with van der Waals surface area (Å²) in [5, 5.41) is 2.41. The Hall–Kier alpha value is -2.93. The molecule has 0 spiro atoms. The van der Waals surface area contributed by atoms with Gasteiger partial charge in [0.25, 0.3) is 0 Å². The Kier molecular flexibility index (Phi) is 4.43. The number of hydrogen-bond donors (Lipinski definition) is 1. The number of aromatic nitrogens is 2. The number of amides is 1. The number of carbonyl (C=O) groups excluding carboxylic acids is 1. The topological polar surface area (TPSA) is 81.1 Å². The standard InChI is InChI=1S/C17H15N3O3S/c21-16(19-14-7-3-1-4-8-14)13-24(22,23)17-18-11-12-20(17)15-9-5-2-6-10-15/h1-12H,13H2,(H,19,21). The van der Waals surface area contributed by atoms with Crippen molar-refractivity contribution in [2.24, 2.45) is 0 Å². The van der Waals surface area contributed by atoms with E-state index in [9.17, 15) is 13.2 Å². The minimum Gasteiger partial charge on any atom is -0.325 e. The van der Waals surface area contributed by atoms with Crippen LogP contribution in [0.1, 0.15) is 0 Å². The van der Waals surface area contributed by atoms with Gasteiger partial charge >= 0.3 is 0 Å². The first kappa shape index (κ1) is 15.9. The minimum atomic E-state index is -3.88. The van der Waals surface area contributed by atoms with E-state index in [0.717, 1.165) is 0 Å². The van der Waals surface area contributed by atoms with Gasteiger partial charge in [0.15, 0.2) is 0 Å². The maximum absolute atomic E-state index is 12.5. The van der Waals surface area contributed by atoms with Crippen molar-refractivity contribution in [3.8, 4) is 5.69 Å². The lowest BCUT2D eigenvalue weighted by molar-refractivity contribution is -0.113. The fraction of sp³-hybridized carbons (Fsp3) is 0.0588. The zero-order valence-corrected chi connectivity index (χ0v) is 13.5. The second kappa shape index (κ2) is 6.67. The molecule has 122 valence electrons. The number of anilines is 1. The van der Waals surface area contributed by atoms with Gasteiger partial charge in [-0.1, -0.05) is 36.4 Å². The molecule has 2 aromatic carbocycles. The van der Waals surface area contributed by atoms with E-state index in [1.165, 1.54) is 10.8 Å². The molecule has 1 heterocycles. The molecule has 3 rings (SSSR count). The summed E-state index contributed by atoms with van der Waals surface area (Å²) in [5.74, 6) is -1.28. The third-order valence-corrected chi connectivity index (χ3v) is 4.80. The molecular weight excluding hydrogens is 326 g/mol. The fourth-order valence-electron chi connectivity index (χ4n) is 2.26. The average molecular weight is 341 g/mol. The molecule has 0 unspecified atom stereocenters. The molecule has 1 N–H and O–H groups in total. The van der Waals surface area contributed by atoms with Crippen molar-refractivity contribution in [2.75, 3.05) is 11.1 Å². The SMILES string of the molecule is O=C(CS(=O)(=O)c1nccn1-c1ccccc1)Nc1ccccc1. The number of benzene rings is 2. The Labute approximate surface area is 139 Å². The van der Waals surface area contributed by atoms with Gasteiger partial charge in [0, 0.05) is 23.8 Å². The van der Waals surface area contributed by atoms with Gasteiger partial charge in [-0.05, 0) is 24.3 Å². The van der Waals surface area contributed by atoms with Gasteiger partial charge in [0.05, 0.1) is 0 Å². The number of hydrogen-bond acceptors (Lipinski definition) is 4. The average Bonchev–Trinajstić information content (AvgIpc) is 3.06. The van der Waals surface area contributed by atoms with E-state index < -0.39 is 21.5 Å². The molecule has 0 radical (unpaired) electrons. The third-order valence-electron chi connectivity index (χ3n) is 3.30. The molecule has 6 nitrogen and oxygen atoms in total. The van der Waals surface area contributed by atoms with Crippen LogP contribution in [0.25, 0.3) is 5.69 Å². The normalized spacial score (nSPS) is 11.2. The summed E-state index contributed by atoms with van der Waals surface area (Å²) in [6, 6.07) is 17.7. The predicted octanol–water partition coefficient (Wildman–Crippen LogP) is 2.28. The molecule has 0 aliphatic rings. The Balaban J connectivity index is 1.82. The molecule has 24 heavy (non-hydrogen) atoms. The quantitative estimate of drug-likeness (QED) is 0.772. The van der Waals surface area contributed by atoms with Gasteiger partial charge in [-0.25, -0.2) is 13.4 Å². The zero-order valence-electron chi connectivity index (χ0n) is 12.7. The van der Waals surface area contributed by atoms with Crippen molar-refractivity contribution in [2.45, 2.75) is 5.16 Å². The Morgan fingerprint density at radius 1 is 1.00 bits per heavy atom. The second-order valence-electron chi connectivity index (χ2n) is 5.09. The smallest absolute Gasteiger partial charge is 0.240 e. The van der Waals surface area contributed by atoms with Crippen LogP contribution in [0.5, 0.6) is 0 Å². The Morgan fingerprint density at radius 3 is 2.29 bits per heavy atom. The number of carbonyl (C=O) groups is 1. The number of nitrogens with one attached hydrogen (secondary N) is 1. The van der Waals surface area contributed by atoms with E-state index in [1.54, 1.807) is 54.7 Å². The summed E-state index contributed by atoms with van der Waals surface area (Å²) in [7, 11) is -3.88. The fourth-order valence-corrected chi connectivity index (χ4v) is 3.49. The molecule has 1 aromatic heterocycles. The van der Waals surface area contributed by atoms with Gasteiger partial charge in [-0.2, -0.15) is 0 Å². The van der Waals surface area contributed by atoms with Crippen molar-refractivity contribution >= 4 is 21.4 Å². The van der Waals surface area contributed by atoms with E-state index in [1.807, 2.05) is 12.1 Å². The number of rotatable bonds is 5. The lowest BCUT2D eigenvalue weighted by Crippen LogP contribution is -2.24. The predicted molar refractivity (Wildman–Crippen MR) is 90.7 cm³/mol. The molecule has 0 atom stereocenters. The van der Waals surface area contributed by atoms with Crippen LogP contribution >= 0.6 is 0 Å². The molecule has 0 aliphatic carbocycles.